The van der Waals surface area contributed by atoms with Crippen LogP contribution in [0.4, 0.5) is 0 Å². The van der Waals surface area contributed by atoms with Gasteiger partial charge >= 0.3 is 7.12 Å². The van der Waals surface area contributed by atoms with Gasteiger partial charge in [0.2, 0.25) is 0 Å². The second-order valence-corrected chi connectivity index (χ2v) is 8.74. The van der Waals surface area contributed by atoms with Crippen molar-refractivity contribution in [2.75, 3.05) is 0 Å². The van der Waals surface area contributed by atoms with E-state index in [4.69, 9.17) is 15.0 Å². The maximum absolute atomic E-state index is 10.2. The van der Waals surface area contributed by atoms with Gasteiger partial charge in [-0.2, -0.15) is 0 Å². The average molecular weight is 479 g/mol. The Balaban J connectivity index is 1.45. The molecule has 0 radical (unpaired) electrons. The number of hydrogen-bond donors (Lipinski definition) is 2. The van der Waals surface area contributed by atoms with E-state index in [1.54, 1.807) is 0 Å². The van der Waals surface area contributed by atoms with Gasteiger partial charge in [0.05, 0.1) is 0 Å². The Labute approximate surface area is 214 Å². The summed E-state index contributed by atoms with van der Waals surface area (Å²) in [5.74, 6) is 1.78. The standard InChI is InChI=1S/C31H22BN3O2/c36-32(37)28-26-14-8-7-9-21(26)19-20-27(28)22-15-17-25(18-16-22)31-34-29(23-10-3-1-4-11-23)33-30(35-31)24-12-5-2-6-13-24/h1-20,36-37H. The highest BCUT2D eigenvalue weighted by atomic mass is 16.4. The van der Waals surface area contributed by atoms with E-state index >= 15 is 0 Å². The minimum absolute atomic E-state index is 0.490. The quantitative estimate of drug-likeness (QED) is 0.325. The van der Waals surface area contributed by atoms with Gasteiger partial charge in [-0.15, -0.1) is 0 Å². The molecule has 1 heterocycles. The summed E-state index contributed by atoms with van der Waals surface area (Å²) in [5, 5.41) is 22.2. The van der Waals surface area contributed by atoms with E-state index < -0.39 is 7.12 Å². The van der Waals surface area contributed by atoms with Gasteiger partial charge in [-0.1, -0.05) is 121 Å². The first-order valence-electron chi connectivity index (χ1n) is 12.0. The average Bonchev–Trinajstić information content (AvgIpc) is 2.97. The highest BCUT2D eigenvalue weighted by Crippen LogP contribution is 2.28. The van der Waals surface area contributed by atoms with Crippen molar-refractivity contribution in [3.8, 4) is 45.3 Å². The molecule has 0 amide bonds. The second kappa shape index (κ2) is 9.78. The number of nitrogens with zero attached hydrogens (tertiary/aromatic N) is 3. The molecule has 0 bridgehead atoms. The third kappa shape index (κ3) is 4.52. The Morgan fingerprint density at radius 1 is 0.432 bits per heavy atom. The molecule has 0 saturated carbocycles. The van der Waals surface area contributed by atoms with E-state index in [9.17, 15) is 10.0 Å². The Morgan fingerprint density at radius 3 is 1.43 bits per heavy atom. The van der Waals surface area contributed by atoms with Crippen LogP contribution >= 0.6 is 0 Å². The molecule has 6 rings (SSSR count). The third-order valence-electron chi connectivity index (χ3n) is 6.38. The number of aromatic nitrogens is 3. The fourth-order valence-electron chi connectivity index (χ4n) is 4.56. The van der Waals surface area contributed by atoms with Crippen molar-refractivity contribution < 1.29 is 10.0 Å². The summed E-state index contributed by atoms with van der Waals surface area (Å²) < 4.78 is 0. The SMILES string of the molecule is OB(O)c1c(-c2ccc(-c3nc(-c4ccccc4)nc(-c4ccccc4)n3)cc2)ccc2ccccc12. The third-order valence-corrected chi connectivity index (χ3v) is 6.38. The maximum Gasteiger partial charge on any atom is 0.489 e. The van der Waals surface area contributed by atoms with Crippen LogP contribution in [0.3, 0.4) is 0 Å². The summed E-state index contributed by atoms with van der Waals surface area (Å²) in [6.07, 6.45) is 0. The molecule has 5 aromatic carbocycles. The number of fused-ring (bicyclic) bond motifs is 1. The van der Waals surface area contributed by atoms with Crippen LogP contribution in [0.15, 0.2) is 121 Å². The zero-order chi connectivity index (χ0) is 25.2. The lowest BCUT2D eigenvalue weighted by molar-refractivity contribution is 0.426. The van der Waals surface area contributed by atoms with Gasteiger partial charge in [0.25, 0.3) is 0 Å². The van der Waals surface area contributed by atoms with Crippen LogP contribution in [0.5, 0.6) is 0 Å². The van der Waals surface area contributed by atoms with Crippen molar-refractivity contribution in [3.05, 3.63) is 121 Å². The van der Waals surface area contributed by atoms with Crippen molar-refractivity contribution in [2.45, 2.75) is 0 Å². The molecule has 1 aromatic heterocycles. The fraction of sp³-hybridized carbons (Fsp3) is 0. The molecule has 2 N–H and O–H groups in total. The largest absolute Gasteiger partial charge is 0.489 e. The Kier molecular flexibility index (Phi) is 6.02. The smallest absolute Gasteiger partial charge is 0.423 e. The van der Waals surface area contributed by atoms with Gasteiger partial charge in [0, 0.05) is 16.7 Å². The van der Waals surface area contributed by atoms with Crippen molar-refractivity contribution >= 4 is 23.4 Å². The Bertz CT molecular complexity index is 1630. The molecule has 0 aliphatic rings. The molecule has 0 aliphatic heterocycles. The molecule has 176 valence electrons. The Morgan fingerprint density at radius 2 is 0.892 bits per heavy atom. The molecule has 5 nitrogen and oxygen atoms in total. The van der Waals surface area contributed by atoms with Crippen LogP contribution in [0, 0.1) is 0 Å². The first kappa shape index (κ1) is 22.8. The zero-order valence-corrected chi connectivity index (χ0v) is 19.9. The van der Waals surface area contributed by atoms with E-state index in [0.717, 1.165) is 38.6 Å². The van der Waals surface area contributed by atoms with Gasteiger partial charge in [0.15, 0.2) is 17.5 Å². The van der Waals surface area contributed by atoms with Crippen LogP contribution in [0.2, 0.25) is 0 Å². The van der Waals surface area contributed by atoms with E-state index in [1.807, 2.05) is 121 Å². The minimum atomic E-state index is -1.59. The number of benzene rings is 5. The summed E-state index contributed by atoms with van der Waals surface area (Å²) in [4.78, 5) is 14.3. The number of hydrogen-bond acceptors (Lipinski definition) is 5. The molecular formula is C31H22BN3O2. The summed E-state index contributed by atoms with van der Waals surface area (Å²) in [7, 11) is -1.59. The second-order valence-electron chi connectivity index (χ2n) is 8.74. The molecule has 0 atom stereocenters. The monoisotopic (exact) mass is 479 g/mol. The normalized spacial score (nSPS) is 11.0. The van der Waals surface area contributed by atoms with Gasteiger partial charge < -0.3 is 10.0 Å². The topological polar surface area (TPSA) is 79.1 Å². The lowest BCUT2D eigenvalue weighted by atomic mass is 9.72. The highest BCUT2D eigenvalue weighted by Gasteiger charge is 2.20. The minimum Gasteiger partial charge on any atom is -0.423 e. The molecule has 0 fully saturated rings. The van der Waals surface area contributed by atoms with Crippen LogP contribution in [0.1, 0.15) is 0 Å². The molecule has 0 saturated heterocycles. The molecule has 0 aliphatic carbocycles. The Hall–Kier alpha value is -4.65. The molecular weight excluding hydrogens is 457 g/mol. The van der Waals surface area contributed by atoms with Crippen LogP contribution in [0.25, 0.3) is 56.1 Å². The van der Waals surface area contributed by atoms with Crippen molar-refractivity contribution in [3.63, 3.8) is 0 Å². The summed E-state index contributed by atoms with van der Waals surface area (Å²) in [6.45, 7) is 0. The van der Waals surface area contributed by atoms with E-state index in [-0.39, 0.29) is 0 Å². The maximum atomic E-state index is 10.2. The van der Waals surface area contributed by atoms with Crippen LogP contribution < -0.4 is 5.46 Å². The van der Waals surface area contributed by atoms with Crippen molar-refractivity contribution in [1.82, 2.24) is 15.0 Å². The van der Waals surface area contributed by atoms with Crippen LogP contribution in [-0.2, 0) is 0 Å². The lowest BCUT2D eigenvalue weighted by Crippen LogP contribution is -2.32. The predicted molar refractivity (Wildman–Crippen MR) is 149 cm³/mol. The van der Waals surface area contributed by atoms with Gasteiger partial charge in [0.1, 0.15) is 0 Å². The number of rotatable bonds is 5. The van der Waals surface area contributed by atoms with Gasteiger partial charge in [-0.3, -0.25) is 0 Å². The van der Waals surface area contributed by atoms with Crippen molar-refractivity contribution in [2.24, 2.45) is 0 Å². The molecule has 0 spiro atoms. The molecule has 6 heteroatoms. The van der Waals surface area contributed by atoms with Gasteiger partial charge in [-0.25, -0.2) is 15.0 Å². The first-order chi connectivity index (χ1) is 18.2. The molecule has 6 aromatic rings. The predicted octanol–water partition coefficient (Wildman–Crippen LogP) is 5.37. The van der Waals surface area contributed by atoms with E-state index in [2.05, 4.69) is 0 Å². The fourth-order valence-corrected chi connectivity index (χ4v) is 4.56. The van der Waals surface area contributed by atoms with Crippen LogP contribution in [-0.4, -0.2) is 32.1 Å². The molecule has 37 heavy (non-hydrogen) atoms. The first-order valence-corrected chi connectivity index (χ1v) is 12.0. The van der Waals surface area contributed by atoms with Crippen molar-refractivity contribution in [1.29, 1.82) is 0 Å². The van der Waals surface area contributed by atoms with E-state index in [1.165, 1.54) is 0 Å². The lowest BCUT2D eigenvalue weighted by Gasteiger charge is -2.13. The zero-order valence-electron chi connectivity index (χ0n) is 19.9. The molecule has 0 unspecified atom stereocenters. The van der Waals surface area contributed by atoms with Gasteiger partial charge in [-0.05, 0) is 27.4 Å². The summed E-state index contributed by atoms with van der Waals surface area (Å²) in [6, 6.07) is 39.2. The summed E-state index contributed by atoms with van der Waals surface area (Å²) >= 11 is 0. The highest BCUT2D eigenvalue weighted by molar-refractivity contribution is 6.64. The summed E-state index contributed by atoms with van der Waals surface area (Å²) in [5.41, 5.74) is 4.80. The van der Waals surface area contributed by atoms with E-state index in [0.29, 0.717) is 22.9 Å².